The Morgan fingerprint density at radius 3 is 0.955 bits per heavy atom. The predicted molar refractivity (Wildman–Crippen MR) is 97.8 cm³/mol. The molecule has 0 radical (unpaired) electrons. The molecule has 0 unspecified atom stereocenters. The summed E-state index contributed by atoms with van der Waals surface area (Å²) in [4.78, 5) is 9.56. The van der Waals surface area contributed by atoms with E-state index >= 15 is 0 Å². The molecule has 22 heavy (non-hydrogen) atoms. The normalized spacial score (nSPS) is 11.3. The Hall–Kier alpha value is 1.70. The Kier molecular flexibility index (Phi) is 7.05. The van der Waals surface area contributed by atoms with Crippen molar-refractivity contribution in [3.05, 3.63) is 68.3 Å². The zero-order chi connectivity index (χ0) is 14.1. The fourth-order valence-electron chi connectivity index (χ4n) is 2.99. The number of hydrogen-bond donors (Lipinski definition) is 0. The van der Waals surface area contributed by atoms with E-state index in [1.54, 1.807) is 17.3 Å². The first-order chi connectivity index (χ1) is 10.4. The maximum absolute atomic E-state index is 2.43. The Bertz CT molecular complexity index is 644. The van der Waals surface area contributed by atoms with Gasteiger partial charge in [0, 0.05) is 0 Å². The van der Waals surface area contributed by atoms with Crippen LogP contribution in [0.3, 0.4) is 0 Å². The van der Waals surface area contributed by atoms with Gasteiger partial charge in [-0.25, -0.2) is 0 Å². The number of hydrogen-bond acceptors (Lipinski definition) is 0. The molecule has 0 amide bonds. The average Bonchev–Trinajstić information content (AvgIpc) is 3.32. The van der Waals surface area contributed by atoms with E-state index in [1.807, 2.05) is 0 Å². The first kappa shape index (κ1) is 18.5. The molecule has 0 aromatic carbocycles. The zero-order valence-corrected chi connectivity index (χ0v) is 22.1. The van der Waals surface area contributed by atoms with Crippen molar-refractivity contribution in [3.63, 3.8) is 0 Å². The van der Waals surface area contributed by atoms with E-state index in [2.05, 4.69) is 68.3 Å². The van der Waals surface area contributed by atoms with Crippen LogP contribution in [0, 0.1) is 0 Å². The van der Waals surface area contributed by atoms with Gasteiger partial charge in [-0.05, 0) is 0 Å². The van der Waals surface area contributed by atoms with Crippen molar-refractivity contribution >= 4 is 81.5 Å². The Morgan fingerprint density at radius 2 is 0.773 bits per heavy atom. The van der Waals surface area contributed by atoms with Crippen LogP contribution in [-0.2, 0) is 0 Å². The third kappa shape index (κ3) is 3.22. The summed E-state index contributed by atoms with van der Waals surface area (Å²) in [5.74, 6) is 0. The van der Waals surface area contributed by atoms with Gasteiger partial charge in [0.2, 0.25) is 0 Å². The van der Waals surface area contributed by atoms with Crippen LogP contribution < -0.4 is 68.7 Å². The van der Waals surface area contributed by atoms with E-state index in [4.69, 9.17) is 0 Å². The van der Waals surface area contributed by atoms with Gasteiger partial charge in [0.1, 0.15) is 0 Å². The average molecular weight is 570 g/mol. The van der Waals surface area contributed by atoms with Gasteiger partial charge in [0.15, 0.2) is 0 Å². The molecule has 4 aromatic heterocycles. The van der Waals surface area contributed by atoms with Crippen molar-refractivity contribution in [2.45, 2.75) is 0 Å². The van der Waals surface area contributed by atoms with Crippen LogP contribution in [0.2, 0.25) is 0 Å². The molecule has 104 valence electrons. The summed E-state index contributed by atoms with van der Waals surface area (Å²) in [5.41, 5.74) is 0. The van der Waals surface area contributed by atoms with Crippen molar-refractivity contribution in [3.8, 4) is 0 Å². The molecular weight excluding hydrogens is 558 g/mol. The molecule has 4 aromatic rings. The zero-order valence-electron chi connectivity index (χ0n) is 12.1. The Morgan fingerprint density at radius 1 is 0.500 bits per heavy atom. The van der Waals surface area contributed by atoms with E-state index in [-0.39, 0.29) is 51.4 Å². The summed E-state index contributed by atoms with van der Waals surface area (Å²) in [6.45, 7) is 0. The standard InChI is InChI=1S/C16H12BSe4.K/c1-5-13(18-9-1)17(14-6-2-10-19-14,15-7-3-11-20-15)16-8-4-12-21-16;/h1-12H;/q-1;+1. The molecule has 0 nitrogen and oxygen atoms in total. The SMILES string of the molecule is [K+].c1c[se]c([B-](c2ccc[se]2)(c2ccc[se]2)c2ccc[se]2)c1. The molecule has 0 aliphatic rings. The fraction of sp³-hybridized carbons (Fsp3) is 0. The molecule has 0 fully saturated rings. The van der Waals surface area contributed by atoms with Crippen molar-refractivity contribution < 1.29 is 51.4 Å². The van der Waals surface area contributed by atoms with Gasteiger partial charge in [-0.15, -0.1) is 0 Å². The summed E-state index contributed by atoms with van der Waals surface area (Å²) < 4.78 is 6.86. The second-order valence-electron chi connectivity index (χ2n) is 4.93. The van der Waals surface area contributed by atoms with E-state index in [0.29, 0.717) is 58.0 Å². The molecule has 0 N–H and O–H groups in total. The van der Waals surface area contributed by atoms with E-state index in [9.17, 15) is 0 Å². The molecule has 6 heteroatoms. The quantitative estimate of drug-likeness (QED) is 0.222. The second-order valence-corrected chi connectivity index (χ2v) is 13.1. The molecule has 0 aliphatic heterocycles. The maximum atomic E-state index is 2.43. The molecule has 4 heterocycles. The van der Waals surface area contributed by atoms with E-state index < -0.39 is 6.15 Å². The van der Waals surface area contributed by atoms with Gasteiger partial charge in [0.05, 0.1) is 0 Å². The molecule has 0 bridgehead atoms. The minimum atomic E-state index is -0.722. The first-order valence-electron chi connectivity index (χ1n) is 6.74. The van der Waals surface area contributed by atoms with Crippen molar-refractivity contribution in [2.24, 2.45) is 0 Å². The van der Waals surface area contributed by atoms with Crippen LogP contribution in [0.15, 0.2) is 68.3 Å². The first-order valence-corrected chi connectivity index (χ1v) is 14.1. The van der Waals surface area contributed by atoms with Gasteiger partial charge in [-0.2, -0.15) is 0 Å². The fourth-order valence-corrected chi connectivity index (χ4v) is 14.1. The summed E-state index contributed by atoms with van der Waals surface area (Å²) in [6.07, 6.45) is -0.722. The summed E-state index contributed by atoms with van der Waals surface area (Å²) in [7, 11) is 0. The molecule has 0 saturated carbocycles. The number of rotatable bonds is 4. The molecule has 0 spiro atoms. The third-order valence-corrected chi connectivity index (χ3v) is 12.7. The molecule has 0 saturated heterocycles. The van der Waals surface area contributed by atoms with Gasteiger partial charge in [-0.1, -0.05) is 0 Å². The molecular formula is C16H12BKSe4. The molecule has 4 rings (SSSR count). The topological polar surface area (TPSA) is 0 Å². The van der Waals surface area contributed by atoms with Crippen LogP contribution >= 0.6 is 0 Å². The Balaban J connectivity index is 0.00000144. The predicted octanol–water partition coefficient (Wildman–Crippen LogP) is -3.70. The van der Waals surface area contributed by atoms with Gasteiger partial charge in [-0.3, -0.25) is 0 Å². The van der Waals surface area contributed by atoms with Crippen molar-refractivity contribution in [2.75, 3.05) is 0 Å². The minimum absolute atomic E-state index is 0. The van der Waals surface area contributed by atoms with Crippen LogP contribution in [-0.4, -0.2) is 64.2 Å². The van der Waals surface area contributed by atoms with E-state index in [1.165, 1.54) is 0 Å². The molecule has 0 aliphatic carbocycles. The molecule has 0 atom stereocenters. The monoisotopic (exact) mass is 574 g/mol. The van der Waals surface area contributed by atoms with Crippen LogP contribution in [0.1, 0.15) is 0 Å². The summed E-state index contributed by atoms with van der Waals surface area (Å²) >= 11 is 2.11. The van der Waals surface area contributed by atoms with Gasteiger partial charge in [0.25, 0.3) is 0 Å². The van der Waals surface area contributed by atoms with Crippen LogP contribution in [0.25, 0.3) is 0 Å². The summed E-state index contributed by atoms with van der Waals surface area (Å²) in [5, 5.41) is 0. The summed E-state index contributed by atoms with van der Waals surface area (Å²) in [6, 6.07) is 18.9. The van der Waals surface area contributed by atoms with Gasteiger partial charge < -0.3 is 0 Å². The van der Waals surface area contributed by atoms with Crippen LogP contribution in [0.5, 0.6) is 0 Å². The van der Waals surface area contributed by atoms with E-state index in [0.717, 1.165) is 0 Å². The third-order valence-electron chi connectivity index (χ3n) is 3.88. The Labute approximate surface area is 197 Å². The van der Waals surface area contributed by atoms with Crippen LogP contribution in [0.4, 0.5) is 0 Å². The van der Waals surface area contributed by atoms with Crippen molar-refractivity contribution in [1.82, 2.24) is 0 Å². The van der Waals surface area contributed by atoms with Crippen molar-refractivity contribution in [1.29, 1.82) is 0 Å². The van der Waals surface area contributed by atoms with Gasteiger partial charge >= 0.3 is 201 Å². The second kappa shape index (κ2) is 8.39.